The Kier molecular flexibility index (Phi) is 4.85. The topological polar surface area (TPSA) is 37.3 Å². The van der Waals surface area contributed by atoms with Crippen molar-refractivity contribution in [1.82, 2.24) is 0 Å². The number of fused-ring (bicyclic) bond motifs is 7. The Balaban J connectivity index is 1.57. The van der Waals surface area contributed by atoms with Crippen LogP contribution < -0.4 is 0 Å². The third-order valence-corrected chi connectivity index (χ3v) is 13.4. The highest BCUT2D eigenvalue weighted by atomic mass is 16.3. The maximum absolute atomic E-state index is 14.2. The van der Waals surface area contributed by atoms with Crippen LogP contribution in [0, 0.1) is 56.2 Å². The lowest BCUT2D eigenvalue weighted by molar-refractivity contribution is -0.244. The van der Waals surface area contributed by atoms with Gasteiger partial charge in [-0.15, -0.1) is 0 Å². The van der Waals surface area contributed by atoms with Crippen LogP contribution in [0.3, 0.4) is 0 Å². The molecule has 5 aliphatic carbocycles. The zero-order valence-corrected chi connectivity index (χ0v) is 22.3. The van der Waals surface area contributed by atoms with Gasteiger partial charge in [0.25, 0.3) is 0 Å². The van der Waals surface area contributed by atoms with Crippen molar-refractivity contribution >= 4 is 5.78 Å². The van der Waals surface area contributed by atoms with E-state index >= 15 is 0 Å². The maximum atomic E-state index is 14.2. The van der Waals surface area contributed by atoms with Gasteiger partial charge in [0.05, 0.1) is 6.10 Å². The summed E-state index contributed by atoms with van der Waals surface area (Å²) in [6, 6.07) is 0. The zero-order chi connectivity index (χ0) is 23.5. The smallest absolute Gasteiger partial charge is 0.137 e. The van der Waals surface area contributed by atoms with Gasteiger partial charge >= 0.3 is 0 Å². The molecule has 0 aromatic rings. The Morgan fingerprint density at radius 3 is 2.09 bits per heavy atom. The van der Waals surface area contributed by atoms with E-state index in [2.05, 4.69) is 55.4 Å². The summed E-state index contributed by atoms with van der Waals surface area (Å²) in [7, 11) is 0. The molecule has 0 heterocycles. The molecule has 32 heavy (non-hydrogen) atoms. The molecular weight excluding hydrogens is 392 g/mol. The van der Waals surface area contributed by atoms with Crippen LogP contribution in [-0.4, -0.2) is 17.0 Å². The molecule has 5 saturated carbocycles. The number of carbonyl (C=O) groups is 1. The number of aliphatic hydroxyl groups is 1. The second kappa shape index (κ2) is 6.64. The first kappa shape index (κ1) is 23.4. The Labute approximate surface area is 197 Å². The monoisotopic (exact) mass is 442 g/mol. The van der Waals surface area contributed by atoms with Crippen LogP contribution in [0.5, 0.6) is 0 Å². The fourth-order valence-corrected chi connectivity index (χ4v) is 11.0. The first-order valence-electron chi connectivity index (χ1n) is 13.8. The van der Waals surface area contributed by atoms with Crippen LogP contribution in [0.1, 0.15) is 120 Å². The molecule has 0 aromatic carbocycles. The normalized spacial score (nSPS) is 56.4. The molecule has 9 unspecified atom stereocenters. The number of Topliss-reactive ketones (excluding diaryl/α,β-unsaturated/α-hetero) is 1. The van der Waals surface area contributed by atoms with Gasteiger partial charge < -0.3 is 5.11 Å². The number of carbonyl (C=O) groups excluding carboxylic acids is 1. The summed E-state index contributed by atoms with van der Waals surface area (Å²) in [5, 5.41) is 10.9. The maximum Gasteiger partial charge on any atom is 0.137 e. The lowest BCUT2D eigenvalue weighted by Gasteiger charge is -2.73. The van der Waals surface area contributed by atoms with Crippen LogP contribution in [0.2, 0.25) is 0 Å². The third kappa shape index (κ3) is 2.77. The number of hydrogen-bond donors (Lipinski definition) is 1. The van der Waals surface area contributed by atoms with Gasteiger partial charge in [-0.3, -0.25) is 4.79 Å². The van der Waals surface area contributed by atoms with Crippen LogP contribution in [0.4, 0.5) is 0 Å². The van der Waals surface area contributed by atoms with Gasteiger partial charge in [0, 0.05) is 12.3 Å². The van der Waals surface area contributed by atoms with Crippen molar-refractivity contribution in [3.05, 3.63) is 0 Å². The molecule has 0 saturated heterocycles. The lowest BCUT2D eigenvalue weighted by Crippen LogP contribution is -2.69. The van der Waals surface area contributed by atoms with E-state index in [4.69, 9.17) is 0 Å². The third-order valence-electron chi connectivity index (χ3n) is 13.4. The Morgan fingerprint density at radius 1 is 0.750 bits per heavy atom. The Morgan fingerprint density at radius 2 is 1.41 bits per heavy atom. The van der Waals surface area contributed by atoms with Crippen molar-refractivity contribution in [2.45, 2.75) is 126 Å². The van der Waals surface area contributed by atoms with Crippen LogP contribution in [0.25, 0.3) is 0 Å². The van der Waals surface area contributed by atoms with E-state index in [0.717, 1.165) is 19.3 Å². The van der Waals surface area contributed by atoms with E-state index in [1.165, 1.54) is 44.9 Å². The molecule has 5 fully saturated rings. The standard InChI is InChI=1S/C30H50O2/c1-25(2)13-14-27(5)15-16-30(8)24(19(27)18-25)20(31)17-22-28(6)11-10-23(32)26(3,4)21(28)9-12-29(22,30)7/h19,21-24,32H,9-18H2,1-8H3. The van der Waals surface area contributed by atoms with Gasteiger partial charge in [-0.05, 0) is 108 Å². The van der Waals surface area contributed by atoms with Gasteiger partial charge in [-0.25, -0.2) is 0 Å². The molecule has 0 aliphatic heterocycles. The highest BCUT2D eigenvalue weighted by Crippen LogP contribution is 2.76. The summed E-state index contributed by atoms with van der Waals surface area (Å²) < 4.78 is 0. The largest absolute Gasteiger partial charge is 0.393 e. The number of rotatable bonds is 0. The fraction of sp³-hybridized carbons (Fsp3) is 0.967. The molecule has 5 rings (SSSR count). The minimum atomic E-state index is -0.201. The molecule has 0 amide bonds. The Bertz CT molecular complexity index is 812. The van der Waals surface area contributed by atoms with E-state index < -0.39 is 0 Å². The van der Waals surface area contributed by atoms with Crippen molar-refractivity contribution in [1.29, 1.82) is 0 Å². The number of ketones is 1. The van der Waals surface area contributed by atoms with Crippen molar-refractivity contribution in [2.75, 3.05) is 0 Å². The summed E-state index contributed by atoms with van der Waals surface area (Å²) in [6.07, 6.45) is 11.4. The van der Waals surface area contributed by atoms with E-state index in [1.54, 1.807) is 0 Å². The molecule has 182 valence electrons. The molecule has 1 N–H and O–H groups in total. The molecule has 5 aliphatic rings. The minimum Gasteiger partial charge on any atom is -0.393 e. The highest BCUT2D eigenvalue weighted by Gasteiger charge is 2.71. The van der Waals surface area contributed by atoms with Gasteiger partial charge in [0.15, 0.2) is 0 Å². The van der Waals surface area contributed by atoms with Gasteiger partial charge in [0.1, 0.15) is 5.78 Å². The SMILES string of the molecule is CC1(C)CCC2(C)CCC3(C)C(C(=O)CC4C5(C)CCC(O)C(C)(C)C5CCC43C)C2C1. The zero-order valence-electron chi connectivity index (χ0n) is 22.3. The van der Waals surface area contributed by atoms with Crippen molar-refractivity contribution < 1.29 is 9.90 Å². The molecule has 9 atom stereocenters. The van der Waals surface area contributed by atoms with E-state index in [0.29, 0.717) is 34.4 Å². The molecule has 2 nitrogen and oxygen atoms in total. The lowest BCUT2D eigenvalue weighted by atomic mass is 9.31. The predicted octanol–water partition coefficient (Wildman–Crippen LogP) is 7.43. The molecule has 2 heteroatoms. The van der Waals surface area contributed by atoms with Crippen molar-refractivity contribution in [3.63, 3.8) is 0 Å². The summed E-state index contributed by atoms with van der Waals surface area (Å²) in [6.45, 7) is 19.7. The molecule has 0 radical (unpaired) electrons. The predicted molar refractivity (Wildman–Crippen MR) is 131 cm³/mol. The molecular formula is C30H50O2. The van der Waals surface area contributed by atoms with Gasteiger partial charge in [0.2, 0.25) is 0 Å². The first-order valence-corrected chi connectivity index (χ1v) is 13.8. The second-order valence-corrected chi connectivity index (χ2v) is 15.6. The first-order chi connectivity index (χ1) is 14.6. The molecule has 0 aromatic heterocycles. The fourth-order valence-electron chi connectivity index (χ4n) is 11.0. The minimum absolute atomic E-state index is 0.0480. The molecule has 0 spiro atoms. The van der Waals surface area contributed by atoms with Crippen LogP contribution in [0.15, 0.2) is 0 Å². The summed E-state index contributed by atoms with van der Waals surface area (Å²) in [5.41, 5.74) is 1.21. The number of hydrogen-bond acceptors (Lipinski definition) is 2. The summed E-state index contributed by atoms with van der Waals surface area (Å²) >= 11 is 0. The average Bonchev–Trinajstić information content (AvgIpc) is 2.68. The summed E-state index contributed by atoms with van der Waals surface area (Å²) in [5.74, 6) is 2.41. The number of aliphatic hydroxyl groups excluding tert-OH is 1. The Hall–Kier alpha value is -0.370. The van der Waals surface area contributed by atoms with Crippen LogP contribution >= 0.6 is 0 Å². The summed E-state index contributed by atoms with van der Waals surface area (Å²) in [4.78, 5) is 14.2. The van der Waals surface area contributed by atoms with E-state index in [9.17, 15) is 9.90 Å². The van der Waals surface area contributed by atoms with Crippen LogP contribution in [-0.2, 0) is 4.79 Å². The second-order valence-electron chi connectivity index (χ2n) is 15.6. The van der Waals surface area contributed by atoms with Crippen molar-refractivity contribution in [3.8, 4) is 0 Å². The quantitative estimate of drug-likeness (QED) is 0.423. The molecule has 0 bridgehead atoms. The van der Waals surface area contributed by atoms with E-state index in [1.807, 2.05) is 0 Å². The van der Waals surface area contributed by atoms with E-state index in [-0.39, 0.29) is 33.7 Å². The van der Waals surface area contributed by atoms with Gasteiger partial charge in [-0.1, -0.05) is 55.4 Å². The highest BCUT2D eigenvalue weighted by molar-refractivity contribution is 5.84. The van der Waals surface area contributed by atoms with Crippen molar-refractivity contribution in [2.24, 2.45) is 56.2 Å². The van der Waals surface area contributed by atoms with Gasteiger partial charge in [-0.2, -0.15) is 0 Å². The average molecular weight is 443 g/mol.